The maximum atomic E-state index is 13.7. The minimum Gasteiger partial charge on any atom is -0.493 e. The number of morpholine rings is 1. The van der Waals surface area contributed by atoms with E-state index in [-0.39, 0.29) is 60.5 Å². The van der Waals surface area contributed by atoms with Crippen LogP contribution in [0, 0.1) is 5.92 Å². The molecule has 4 amide bonds. The highest BCUT2D eigenvalue weighted by Crippen LogP contribution is 2.30. The quantitative estimate of drug-likeness (QED) is 0.0217. The zero-order valence-corrected chi connectivity index (χ0v) is 38.6. The summed E-state index contributed by atoms with van der Waals surface area (Å²) < 4.78 is 22.5. The van der Waals surface area contributed by atoms with Crippen molar-refractivity contribution in [3.63, 3.8) is 0 Å². The molecule has 0 bridgehead atoms. The summed E-state index contributed by atoms with van der Waals surface area (Å²) in [6, 6.07) is 21.6. The Kier molecular flexibility index (Phi) is 20.1. The zero-order valence-electron chi connectivity index (χ0n) is 38.6. The Morgan fingerprint density at radius 1 is 0.851 bits per heavy atom. The number of Topliss-reactive ketones (excluding diaryl/α,β-unsaturated/α-hetero) is 1. The van der Waals surface area contributed by atoms with Crippen molar-refractivity contribution >= 4 is 41.9 Å². The standard InChI is InChI=1S/C50H61N5O12/c1-5-8-10-15-39(42(6-2)55(33-56)67-49(61)37-18-16-35(17-19-37)30-54-24-26-63-27-25-54)46(58)51-32-52-48(60)44-23-22-43(66-44)38-20-21-40(45(29-38)64-7-3)47(59)53-41(28-34(4)57)50(62)65-31-36-13-11-9-12-14-36/h9,11-14,16-23,29,33,39,41-42H,5-8,10,15,24-28,30-32H2,1-4H3,(H,51,58)(H,52,60)(H,53,59)/t39-,41+,42-/m1/s1. The molecule has 2 heterocycles. The molecule has 358 valence electrons. The summed E-state index contributed by atoms with van der Waals surface area (Å²) in [6.07, 6.45) is 3.25. The third-order valence-corrected chi connectivity index (χ3v) is 11.1. The third kappa shape index (κ3) is 15.4. The maximum Gasteiger partial charge on any atom is 0.363 e. The summed E-state index contributed by atoms with van der Waals surface area (Å²) in [4.78, 5) is 99.0. The van der Waals surface area contributed by atoms with Gasteiger partial charge in [-0.1, -0.05) is 81.6 Å². The predicted octanol–water partition coefficient (Wildman–Crippen LogP) is 6.01. The van der Waals surface area contributed by atoms with E-state index in [1.165, 1.54) is 19.1 Å². The van der Waals surface area contributed by atoms with Gasteiger partial charge >= 0.3 is 11.9 Å². The average molecular weight is 924 g/mol. The fraction of sp³-hybridized carbons (Fsp3) is 0.420. The fourth-order valence-electron chi connectivity index (χ4n) is 7.56. The molecule has 0 unspecified atom stereocenters. The summed E-state index contributed by atoms with van der Waals surface area (Å²) in [7, 11) is 0. The summed E-state index contributed by atoms with van der Waals surface area (Å²) in [5, 5.41) is 8.89. The molecule has 67 heavy (non-hydrogen) atoms. The highest BCUT2D eigenvalue weighted by molar-refractivity contribution is 6.00. The van der Waals surface area contributed by atoms with Gasteiger partial charge in [0.2, 0.25) is 12.3 Å². The lowest BCUT2D eigenvalue weighted by atomic mass is 9.90. The molecule has 0 aliphatic carbocycles. The molecular weight excluding hydrogens is 863 g/mol. The van der Waals surface area contributed by atoms with Gasteiger partial charge in [-0.25, -0.2) is 9.59 Å². The Bertz CT molecular complexity index is 2280. The first kappa shape index (κ1) is 51.1. The number of hydroxylamine groups is 2. The number of rotatable bonds is 26. The SMILES string of the molecule is CCCCC[C@@H](C(=O)NCNC(=O)c1ccc(-c2ccc(C(=O)N[C@@H](CC(C)=O)C(=O)OCc3ccccc3)c(OCC)c2)o1)[C@@H](CC)N(C=O)OC(=O)c1ccc(CN2CCOCC2)cc1. The summed E-state index contributed by atoms with van der Waals surface area (Å²) in [5.41, 5.74) is 2.59. The van der Waals surface area contributed by atoms with E-state index >= 15 is 0 Å². The van der Waals surface area contributed by atoms with Crippen LogP contribution in [0.3, 0.4) is 0 Å². The van der Waals surface area contributed by atoms with Gasteiger partial charge in [-0.05, 0) is 74.2 Å². The van der Waals surface area contributed by atoms with Crippen molar-refractivity contribution in [2.45, 2.75) is 91.5 Å². The van der Waals surface area contributed by atoms with E-state index in [4.69, 9.17) is 23.5 Å². The molecule has 5 rings (SSSR count). The van der Waals surface area contributed by atoms with Crippen molar-refractivity contribution < 1.29 is 57.0 Å². The number of carbonyl (C=O) groups excluding carboxylic acids is 7. The monoisotopic (exact) mass is 923 g/mol. The van der Waals surface area contributed by atoms with Gasteiger partial charge in [-0.2, -0.15) is 5.06 Å². The van der Waals surface area contributed by atoms with Gasteiger partial charge in [-0.3, -0.25) is 28.9 Å². The predicted molar refractivity (Wildman–Crippen MR) is 246 cm³/mol. The Balaban J connectivity index is 1.19. The summed E-state index contributed by atoms with van der Waals surface area (Å²) in [5.74, 6) is -3.95. The van der Waals surface area contributed by atoms with Crippen LogP contribution in [0.5, 0.6) is 5.75 Å². The zero-order chi connectivity index (χ0) is 48.1. The summed E-state index contributed by atoms with van der Waals surface area (Å²) in [6.45, 7) is 10.5. The number of hydrogen-bond acceptors (Lipinski definition) is 13. The highest BCUT2D eigenvalue weighted by Gasteiger charge is 2.34. The van der Waals surface area contributed by atoms with Gasteiger partial charge in [-0.15, -0.1) is 0 Å². The smallest absolute Gasteiger partial charge is 0.363 e. The number of nitrogens with one attached hydrogen (secondary N) is 3. The molecule has 1 aliphatic heterocycles. The second-order valence-electron chi connectivity index (χ2n) is 16.1. The van der Waals surface area contributed by atoms with Gasteiger partial charge in [0, 0.05) is 31.6 Å². The van der Waals surface area contributed by atoms with Gasteiger partial charge in [0.25, 0.3) is 11.8 Å². The van der Waals surface area contributed by atoms with E-state index in [1.54, 1.807) is 68.4 Å². The van der Waals surface area contributed by atoms with Crippen molar-refractivity contribution in [2.24, 2.45) is 5.92 Å². The molecule has 0 spiro atoms. The van der Waals surface area contributed by atoms with Crippen LogP contribution in [0.15, 0.2) is 89.3 Å². The van der Waals surface area contributed by atoms with Crippen molar-refractivity contribution in [2.75, 3.05) is 39.6 Å². The molecule has 3 N–H and O–H groups in total. The van der Waals surface area contributed by atoms with E-state index in [2.05, 4.69) is 20.9 Å². The lowest BCUT2D eigenvalue weighted by Crippen LogP contribution is -2.49. The lowest BCUT2D eigenvalue weighted by molar-refractivity contribution is -0.171. The molecule has 3 aromatic carbocycles. The second kappa shape index (κ2) is 26.3. The Hall–Kier alpha value is -6.85. The third-order valence-electron chi connectivity index (χ3n) is 11.1. The number of carbonyl (C=O) groups is 7. The molecule has 0 radical (unpaired) electrons. The Morgan fingerprint density at radius 2 is 1.60 bits per heavy atom. The maximum absolute atomic E-state index is 13.7. The van der Waals surface area contributed by atoms with Crippen LogP contribution in [0.1, 0.15) is 109 Å². The van der Waals surface area contributed by atoms with Crippen LogP contribution < -0.4 is 20.7 Å². The molecule has 1 aliphatic rings. The van der Waals surface area contributed by atoms with Gasteiger partial charge in [0.1, 0.15) is 29.9 Å². The van der Waals surface area contributed by atoms with Crippen LogP contribution in [-0.4, -0.2) is 103 Å². The minimum atomic E-state index is -1.24. The molecule has 0 saturated carbocycles. The van der Waals surface area contributed by atoms with E-state index in [0.29, 0.717) is 51.0 Å². The van der Waals surface area contributed by atoms with Crippen LogP contribution in [0.2, 0.25) is 0 Å². The number of hydrogen-bond donors (Lipinski definition) is 3. The van der Waals surface area contributed by atoms with Crippen LogP contribution in [0.25, 0.3) is 11.3 Å². The number of furan rings is 1. The number of benzene rings is 3. The Morgan fingerprint density at radius 3 is 2.27 bits per heavy atom. The molecule has 1 fully saturated rings. The number of amides is 4. The Labute approximate surface area is 390 Å². The number of esters is 1. The van der Waals surface area contributed by atoms with Gasteiger partial charge in [0.05, 0.1) is 49.6 Å². The molecule has 4 aromatic rings. The first-order chi connectivity index (χ1) is 32.4. The largest absolute Gasteiger partial charge is 0.493 e. The van der Waals surface area contributed by atoms with Crippen molar-refractivity contribution in [1.82, 2.24) is 25.9 Å². The second-order valence-corrected chi connectivity index (χ2v) is 16.1. The minimum absolute atomic E-state index is 0.0331. The molecule has 17 heteroatoms. The highest BCUT2D eigenvalue weighted by atomic mass is 16.7. The average Bonchev–Trinajstić information content (AvgIpc) is 3.84. The van der Waals surface area contributed by atoms with Gasteiger partial charge in [0.15, 0.2) is 5.76 Å². The number of ether oxygens (including phenoxy) is 3. The molecule has 1 saturated heterocycles. The number of nitrogens with zero attached hydrogens (tertiary/aromatic N) is 2. The topological polar surface area (TPSA) is 212 Å². The molecule has 17 nitrogen and oxygen atoms in total. The van der Waals surface area contributed by atoms with Crippen molar-refractivity contribution in [3.8, 4) is 17.1 Å². The normalized spacial score (nSPS) is 13.9. The molecular formula is C50H61N5O12. The number of ketones is 1. The molecule has 3 atom stereocenters. The van der Waals surface area contributed by atoms with E-state index in [0.717, 1.165) is 42.1 Å². The fourth-order valence-corrected chi connectivity index (χ4v) is 7.56. The van der Waals surface area contributed by atoms with E-state index < -0.39 is 47.7 Å². The van der Waals surface area contributed by atoms with Crippen LogP contribution in [0.4, 0.5) is 0 Å². The first-order valence-electron chi connectivity index (χ1n) is 22.7. The van der Waals surface area contributed by atoms with Crippen LogP contribution in [-0.2, 0) is 46.6 Å². The van der Waals surface area contributed by atoms with Crippen molar-refractivity contribution in [3.05, 3.63) is 113 Å². The van der Waals surface area contributed by atoms with Gasteiger partial charge < -0.3 is 39.4 Å². The van der Waals surface area contributed by atoms with Crippen LogP contribution >= 0.6 is 0 Å². The lowest BCUT2D eigenvalue weighted by Gasteiger charge is -2.31. The van der Waals surface area contributed by atoms with E-state index in [1.807, 2.05) is 25.1 Å². The van der Waals surface area contributed by atoms with E-state index in [9.17, 15) is 33.6 Å². The summed E-state index contributed by atoms with van der Waals surface area (Å²) >= 11 is 0. The van der Waals surface area contributed by atoms with Crippen molar-refractivity contribution in [1.29, 1.82) is 0 Å². The molecule has 1 aromatic heterocycles. The first-order valence-corrected chi connectivity index (χ1v) is 22.7. The number of unbranched alkanes of at least 4 members (excludes halogenated alkanes) is 2.